The minimum absolute atomic E-state index is 0.0834. The van der Waals surface area contributed by atoms with Crippen molar-refractivity contribution in [1.82, 2.24) is 9.80 Å². The fourth-order valence-electron chi connectivity index (χ4n) is 2.08. The van der Waals surface area contributed by atoms with Gasteiger partial charge in [0.2, 0.25) is 5.96 Å². The Kier molecular flexibility index (Phi) is 3.65. The summed E-state index contributed by atoms with van der Waals surface area (Å²) < 4.78 is 0. The van der Waals surface area contributed by atoms with Gasteiger partial charge in [-0.3, -0.25) is 4.79 Å². The number of amides is 1. The van der Waals surface area contributed by atoms with Crippen molar-refractivity contribution in [1.29, 1.82) is 0 Å². The first-order chi connectivity index (χ1) is 8.58. The first kappa shape index (κ1) is 12.6. The number of likely N-dealkylation sites (N-methyl/N-ethyl adjacent to an activating group) is 2. The van der Waals surface area contributed by atoms with E-state index < -0.39 is 0 Å². The number of benzene rings is 1. The summed E-state index contributed by atoms with van der Waals surface area (Å²) in [5.41, 5.74) is 2.19. The number of aliphatic imine (C=N–C) groups is 1. The van der Waals surface area contributed by atoms with Crippen molar-refractivity contribution >= 4 is 11.9 Å². The number of hydrogen-bond acceptors (Lipinski definition) is 1. The highest BCUT2D eigenvalue weighted by molar-refractivity contribution is 5.94. The highest BCUT2D eigenvalue weighted by Gasteiger charge is 2.20. The van der Waals surface area contributed by atoms with E-state index in [4.69, 9.17) is 0 Å². The number of aryl methyl sites for hydroxylation is 1. The average Bonchev–Trinajstić information content (AvgIpc) is 2.64. The van der Waals surface area contributed by atoms with Crippen LogP contribution in [0.25, 0.3) is 0 Å². The zero-order chi connectivity index (χ0) is 13.1. The molecule has 1 saturated heterocycles. The number of hydrogen-bond donors (Lipinski definition) is 0. The lowest BCUT2D eigenvalue weighted by Gasteiger charge is -2.15. The molecule has 0 aromatic heterocycles. The van der Waals surface area contributed by atoms with E-state index in [9.17, 15) is 4.79 Å². The predicted molar refractivity (Wildman–Crippen MR) is 72.6 cm³/mol. The Balaban J connectivity index is 2.09. The maximum atomic E-state index is 12.0. The molecule has 1 aliphatic rings. The molecule has 0 aliphatic carbocycles. The van der Waals surface area contributed by atoms with Crippen molar-refractivity contribution in [2.75, 3.05) is 27.2 Å². The van der Waals surface area contributed by atoms with Crippen molar-refractivity contribution < 1.29 is 4.79 Å². The largest absolute Gasteiger partial charge is 0.344 e. The Labute approximate surface area is 108 Å². The van der Waals surface area contributed by atoms with Crippen molar-refractivity contribution in [2.24, 2.45) is 4.99 Å². The second-order valence-corrected chi connectivity index (χ2v) is 4.75. The lowest BCUT2D eigenvalue weighted by molar-refractivity contribution is -0.117. The van der Waals surface area contributed by atoms with Gasteiger partial charge in [-0.25, -0.2) is 0 Å². The summed E-state index contributed by atoms with van der Waals surface area (Å²) in [6.07, 6.45) is 0.373. The van der Waals surface area contributed by atoms with Crippen LogP contribution in [0, 0.1) is 6.92 Å². The standard InChI is InChI=1S/C14H19N3O/c1-11-6-4-5-7-12(11)10-13(18)15-14-16(2)8-9-17(14)3/h4-7H,8-10H2,1-3H3. The number of carbonyl (C=O) groups is 1. The van der Waals surface area contributed by atoms with Crippen LogP contribution in [-0.2, 0) is 11.2 Å². The summed E-state index contributed by atoms with van der Waals surface area (Å²) in [7, 11) is 3.92. The SMILES string of the molecule is Cc1ccccc1CC(=O)N=C1N(C)CCN1C. The third-order valence-electron chi connectivity index (χ3n) is 3.28. The fraction of sp³-hybridized carbons (Fsp3) is 0.429. The molecular formula is C14H19N3O. The molecule has 1 aliphatic heterocycles. The minimum atomic E-state index is -0.0834. The molecule has 1 fully saturated rings. The van der Waals surface area contributed by atoms with Crippen molar-refractivity contribution in [3.05, 3.63) is 35.4 Å². The summed E-state index contributed by atoms with van der Waals surface area (Å²) in [6, 6.07) is 7.93. The maximum Gasteiger partial charge on any atom is 0.253 e. The van der Waals surface area contributed by atoms with Gasteiger partial charge in [0.05, 0.1) is 6.42 Å². The number of rotatable bonds is 2. The van der Waals surface area contributed by atoms with Gasteiger partial charge in [-0.1, -0.05) is 24.3 Å². The molecule has 96 valence electrons. The number of carbonyl (C=O) groups excluding carboxylic acids is 1. The van der Waals surface area contributed by atoms with E-state index in [0.29, 0.717) is 6.42 Å². The third-order valence-corrected chi connectivity index (χ3v) is 3.28. The molecule has 18 heavy (non-hydrogen) atoms. The van der Waals surface area contributed by atoms with E-state index in [0.717, 1.165) is 30.2 Å². The first-order valence-electron chi connectivity index (χ1n) is 6.16. The van der Waals surface area contributed by atoms with E-state index in [1.165, 1.54) is 0 Å². The summed E-state index contributed by atoms with van der Waals surface area (Å²) in [6.45, 7) is 3.86. The van der Waals surface area contributed by atoms with Crippen LogP contribution < -0.4 is 0 Å². The molecule has 0 bridgehead atoms. The van der Waals surface area contributed by atoms with Crippen LogP contribution in [0.1, 0.15) is 11.1 Å². The normalized spacial score (nSPS) is 15.2. The Morgan fingerprint density at radius 1 is 1.22 bits per heavy atom. The van der Waals surface area contributed by atoms with E-state index in [1.807, 2.05) is 55.1 Å². The molecule has 0 atom stereocenters. The molecule has 0 radical (unpaired) electrons. The highest BCUT2D eigenvalue weighted by Crippen LogP contribution is 2.10. The van der Waals surface area contributed by atoms with E-state index in [2.05, 4.69) is 4.99 Å². The monoisotopic (exact) mass is 245 g/mol. The molecule has 0 spiro atoms. The molecule has 1 aromatic carbocycles. The van der Waals surface area contributed by atoms with Crippen LogP contribution in [0.3, 0.4) is 0 Å². The molecule has 4 nitrogen and oxygen atoms in total. The first-order valence-corrected chi connectivity index (χ1v) is 6.16. The van der Waals surface area contributed by atoms with Gasteiger partial charge in [0, 0.05) is 27.2 Å². The molecule has 1 heterocycles. The molecule has 0 N–H and O–H groups in total. The van der Waals surface area contributed by atoms with Gasteiger partial charge in [-0.2, -0.15) is 4.99 Å². The lowest BCUT2D eigenvalue weighted by Crippen LogP contribution is -2.29. The summed E-state index contributed by atoms with van der Waals surface area (Å²) in [5.74, 6) is 0.688. The molecular weight excluding hydrogens is 226 g/mol. The minimum Gasteiger partial charge on any atom is -0.344 e. The molecule has 4 heteroatoms. The molecule has 0 saturated carbocycles. The topological polar surface area (TPSA) is 35.9 Å². The lowest BCUT2D eigenvalue weighted by atomic mass is 10.1. The zero-order valence-electron chi connectivity index (χ0n) is 11.2. The second-order valence-electron chi connectivity index (χ2n) is 4.75. The smallest absolute Gasteiger partial charge is 0.253 e. The van der Waals surface area contributed by atoms with Crippen molar-refractivity contribution in [3.8, 4) is 0 Å². The van der Waals surface area contributed by atoms with Crippen LogP contribution >= 0.6 is 0 Å². The zero-order valence-corrected chi connectivity index (χ0v) is 11.2. The number of nitrogens with zero attached hydrogens (tertiary/aromatic N) is 3. The summed E-state index contributed by atoms with van der Waals surface area (Å²) >= 11 is 0. The fourth-order valence-corrected chi connectivity index (χ4v) is 2.08. The van der Waals surface area contributed by atoms with Crippen molar-refractivity contribution in [2.45, 2.75) is 13.3 Å². The highest BCUT2D eigenvalue weighted by atomic mass is 16.1. The van der Waals surface area contributed by atoms with Crippen LogP contribution in [0.4, 0.5) is 0 Å². The summed E-state index contributed by atoms with van der Waals surface area (Å²) in [4.78, 5) is 20.2. The van der Waals surface area contributed by atoms with Crippen LogP contribution in [-0.4, -0.2) is 48.9 Å². The number of guanidine groups is 1. The predicted octanol–water partition coefficient (Wildman–Crippen LogP) is 1.30. The van der Waals surface area contributed by atoms with E-state index in [-0.39, 0.29) is 5.91 Å². The average molecular weight is 245 g/mol. The quantitative estimate of drug-likeness (QED) is 0.788. The Morgan fingerprint density at radius 2 is 1.83 bits per heavy atom. The molecule has 2 rings (SSSR count). The van der Waals surface area contributed by atoms with Crippen molar-refractivity contribution in [3.63, 3.8) is 0 Å². The molecule has 1 amide bonds. The Bertz CT molecular complexity index is 470. The van der Waals surface area contributed by atoms with E-state index in [1.54, 1.807) is 0 Å². The maximum absolute atomic E-state index is 12.0. The van der Waals surface area contributed by atoms with Gasteiger partial charge in [-0.15, -0.1) is 0 Å². The van der Waals surface area contributed by atoms with Gasteiger partial charge in [0.1, 0.15) is 0 Å². The Hall–Kier alpha value is -1.84. The van der Waals surface area contributed by atoms with Gasteiger partial charge >= 0.3 is 0 Å². The second kappa shape index (κ2) is 5.21. The summed E-state index contributed by atoms with van der Waals surface area (Å²) in [5, 5.41) is 0. The van der Waals surface area contributed by atoms with Gasteiger partial charge in [0.15, 0.2) is 0 Å². The van der Waals surface area contributed by atoms with Crippen LogP contribution in [0.15, 0.2) is 29.3 Å². The Morgan fingerprint density at radius 3 is 2.44 bits per heavy atom. The van der Waals surface area contributed by atoms with Crippen LogP contribution in [0.2, 0.25) is 0 Å². The third kappa shape index (κ3) is 2.70. The van der Waals surface area contributed by atoms with Gasteiger partial charge in [0.25, 0.3) is 5.91 Å². The van der Waals surface area contributed by atoms with Crippen LogP contribution in [0.5, 0.6) is 0 Å². The van der Waals surface area contributed by atoms with Gasteiger partial charge < -0.3 is 9.80 Å². The van der Waals surface area contributed by atoms with E-state index >= 15 is 0 Å². The molecule has 0 unspecified atom stereocenters. The molecule has 1 aromatic rings. The van der Waals surface area contributed by atoms with Gasteiger partial charge in [-0.05, 0) is 18.1 Å².